The lowest BCUT2D eigenvalue weighted by molar-refractivity contribution is 0.00578. The summed E-state index contributed by atoms with van der Waals surface area (Å²) >= 11 is 0. The van der Waals surface area contributed by atoms with Gasteiger partial charge in [-0.05, 0) is 45.9 Å². The van der Waals surface area contributed by atoms with Gasteiger partial charge in [0.2, 0.25) is 0 Å². The smallest absolute Gasteiger partial charge is 0.403 e. The van der Waals surface area contributed by atoms with Crippen molar-refractivity contribution in [1.29, 1.82) is 0 Å². The molecule has 0 aromatic heterocycles. The Kier molecular flexibility index (Phi) is 4.13. The van der Waals surface area contributed by atoms with Crippen molar-refractivity contribution in [1.82, 2.24) is 0 Å². The Bertz CT molecular complexity index is 266. The molecule has 0 aromatic carbocycles. The molecule has 0 spiro atoms. The summed E-state index contributed by atoms with van der Waals surface area (Å²) in [6.07, 6.45) is 8.12. The molecule has 1 saturated heterocycles. The summed E-state index contributed by atoms with van der Waals surface area (Å²) in [6, 6.07) is 0. The second-order valence-electron chi connectivity index (χ2n) is 7.30. The van der Waals surface area contributed by atoms with E-state index in [2.05, 4.69) is 34.6 Å². The van der Waals surface area contributed by atoms with Gasteiger partial charge in [0.1, 0.15) is 0 Å². The molecule has 2 fully saturated rings. The molecule has 0 amide bonds. The lowest BCUT2D eigenvalue weighted by atomic mass is 9.69. The Morgan fingerprint density at radius 3 is 2.00 bits per heavy atom. The van der Waals surface area contributed by atoms with Crippen LogP contribution < -0.4 is 0 Å². The molecule has 104 valence electrons. The van der Waals surface area contributed by atoms with Crippen LogP contribution in [0.25, 0.3) is 0 Å². The van der Waals surface area contributed by atoms with E-state index in [-0.39, 0.29) is 18.3 Å². The van der Waals surface area contributed by atoms with Crippen LogP contribution in [0.5, 0.6) is 0 Å². The van der Waals surface area contributed by atoms with Crippen molar-refractivity contribution in [3.63, 3.8) is 0 Å². The van der Waals surface area contributed by atoms with Crippen LogP contribution in [-0.4, -0.2) is 18.3 Å². The zero-order chi connectivity index (χ0) is 13.4. The number of rotatable bonds is 3. The quantitative estimate of drug-likeness (QED) is 0.697. The summed E-state index contributed by atoms with van der Waals surface area (Å²) in [5.74, 6) is 1.61. The Morgan fingerprint density at radius 1 is 1.00 bits per heavy atom. The van der Waals surface area contributed by atoms with E-state index >= 15 is 0 Å². The minimum absolute atomic E-state index is 0.00748. The zero-order valence-corrected chi connectivity index (χ0v) is 12.8. The molecule has 1 heterocycles. The van der Waals surface area contributed by atoms with Crippen LogP contribution in [0.4, 0.5) is 0 Å². The predicted molar refractivity (Wildman–Crippen MR) is 76.6 cm³/mol. The summed E-state index contributed by atoms with van der Waals surface area (Å²) in [6.45, 7) is 10.9. The Balaban J connectivity index is 1.87. The van der Waals surface area contributed by atoms with E-state index in [0.29, 0.717) is 0 Å². The Labute approximate surface area is 113 Å². The van der Waals surface area contributed by atoms with Gasteiger partial charge in [0, 0.05) is 0 Å². The molecule has 0 radical (unpaired) electrons. The van der Waals surface area contributed by atoms with Crippen molar-refractivity contribution >= 4 is 7.12 Å². The molecule has 1 saturated carbocycles. The zero-order valence-electron chi connectivity index (χ0n) is 12.8. The molecule has 0 unspecified atom stereocenters. The van der Waals surface area contributed by atoms with E-state index in [4.69, 9.17) is 9.31 Å². The van der Waals surface area contributed by atoms with Crippen molar-refractivity contribution in [3.8, 4) is 0 Å². The van der Waals surface area contributed by atoms with Crippen molar-refractivity contribution in [2.75, 3.05) is 0 Å². The van der Waals surface area contributed by atoms with E-state index in [1.807, 2.05) is 0 Å². The van der Waals surface area contributed by atoms with Gasteiger partial charge in [-0.15, -0.1) is 0 Å². The lowest BCUT2D eigenvalue weighted by Gasteiger charge is -2.32. The highest BCUT2D eigenvalue weighted by molar-refractivity contribution is 6.45. The second kappa shape index (κ2) is 5.17. The van der Waals surface area contributed by atoms with Crippen LogP contribution in [0.15, 0.2) is 0 Å². The SMILES string of the molecule is C[C@@H](CB1OC(C)(C)C(C)(C)O1)C1CCCCC1. The standard InChI is InChI=1S/C15H29BO2/c1-12(13-9-7-6-8-10-13)11-16-17-14(2,3)15(4,5)18-16/h12-13H,6-11H2,1-5H3/t12-/m0/s1. The molecule has 1 atom stereocenters. The normalized spacial score (nSPS) is 29.5. The average molecular weight is 252 g/mol. The van der Waals surface area contributed by atoms with Crippen LogP contribution in [0.3, 0.4) is 0 Å². The molecule has 1 aliphatic heterocycles. The van der Waals surface area contributed by atoms with Gasteiger partial charge < -0.3 is 9.31 Å². The molecule has 0 bridgehead atoms. The molecule has 18 heavy (non-hydrogen) atoms. The Morgan fingerprint density at radius 2 is 1.50 bits per heavy atom. The first-order valence-corrected chi connectivity index (χ1v) is 7.67. The van der Waals surface area contributed by atoms with E-state index in [9.17, 15) is 0 Å². The maximum absolute atomic E-state index is 6.10. The first kappa shape index (κ1) is 14.4. The minimum atomic E-state index is -0.177. The molecule has 2 nitrogen and oxygen atoms in total. The summed E-state index contributed by atoms with van der Waals surface area (Å²) < 4.78 is 12.2. The summed E-state index contributed by atoms with van der Waals surface area (Å²) in [5.41, 5.74) is -0.353. The third kappa shape index (κ3) is 2.93. The fourth-order valence-electron chi connectivity index (χ4n) is 3.26. The van der Waals surface area contributed by atoms with Crippen molar-refractivity contribution in [2.45, 2.75) is 84.2 Å². The van der Waals surface area contributed by atoms with Gasteiger partial charge in [-0.3, -0.25) is 0 Å². The van der Waals surface area contributed by atoms with Gasteiger partial charge >= 0.3 is 7.12 Å². The summed E-state index contributed by atoms with van der Waals surface area (Å²) in [5, 5.41) is 0. The third-order valence-electron chi connectivity index (χ3n) is 5.32. The van der Waals surface area contributed by atoms with Crippen molar-refractivity contribution in [2.24, 2.45) is 11.8 Å². The number of hydrogen-bond acceptors (Lipinski definition) is 2. The fourth-order valence-corrected chi connectivity index (χ4v) is 3.26. The molecular formula is C15H29BO2. The second-order valence-corrected chi connectivity index (χ2v) is 7.30. The first-order valence-electron chi connectivity index (χ1n) is 7.67. The van der Waals surface area contributed by atoms with Crippen LogP contribution in [0, 0.1) is 11.8 Å². The molecule has 2 aliphatic rings. The van der Waals surface area contributed by atoms with Gasteiger partial charge in [0.15, 0.2) is 0 Å². The van der Waals surface area contributed by atoms with E-state index in [1.54, 1.807) is 0 Å². The van der Waals surface area contributed by atoms with Gasteiger partial charge in [-0.2, -0.15) is 0 Å². The molecule has 0 N–H and O–H groups in total. The third-order valence-corrected chi connectivity index (χ3v) is 5.32. The van der Waals surface area contributed by atoms with Gasteiger partial charge in [0.05, 0.1) is 11.2 Å². The van der Waals surface area contributed by atoms with Crippen molar-refractivity contribution < 1.29 is 9.31 Å². The van der Waals surface area contributed by atoms with Gasteiger partial charge in [-0.25, -0.2) is 0 Å². The maximum atomic E-state index is 6.10. The van der Waals surface area contributed by atoms with Gasteiger partial charge in [0.25, 0.3) is 0 Å². The largest absolute Gasteiger partial charge is 0.458 e. The van der Waals surface area contributed by atoms with E-state index < -0.39 is 0 Å². The highest BCUT2D eigenvalue weighted by Crippen LogP contribution is 2.40. The maximum Gasteiger partial charge on any atom is 0.458 e. The fraction of sp³-hybridized carbons (Fsp3) is 1.00. The molecule has 2 rings (SSSR count). The van der Waals surface area contributed by atoms with Crippen molar-refractivity contribution in [3.05, 3.63) is 0 Å². The minimum Gasteiger partial charge on any atom is -0.403 e. The number of hydrogen-bond donors (Lipinski definition) is 0. The van der Waals surface area contributed by atoms with E-state index in [0.717, 1.165) is 18.2 Å². The topological polar surface area (TPSA) is 18.5 Å². The molecule has 3 heteroatoms. The highest BCUT2D eigenvalue weighted by atomic mass is 16.7. The van der Waals surface area contributed by atoms with E-state index in [1.165, 1.54) is 32.1 Å². The average Bonchev–Trinajstić information content (AvgIpc) is 2.48. The molecular weight excluding hydrogens is 223 g/mol. The predicted octanol–water partition coefficient (Wildman–Crippen LogP) is 4.30. The molecule has 1 aliphatic carbocycles. The van der Waals surface area contributed by atoms with Crippen LogP contribution in [-0.2, 0) is 9.31 Å². The first-order chi connectivity index (χ1) is 8.32. The highest BCUT2D eigenvalue weighted by Gasteiger charge is 2.51. The Hall–Kier alpha value is -0.0151. The monoisotopic (exact) mass is 252 g/mol. The molecule has 0 aromatic rings. The van der Waals surface area contributed by atoms with Gasteiger partial charge in [-0.1, -0.05) is 39.0 Å². The summed E-state index contributed by atoms with van der Waals surface area (Å²) in [4.78, 5) is 0. The van der Waals surface area contributed by atoms with Crippen LogP contribution in [0.2, 0.25) is 6.32 Å². The van der Waals surface area contributed by atoms with Crippen LogP contribution in [0.1, 0.15) is 66.7 Å². The van der Waals surface area contributed by atoms with Crippen LogP contribution >= 0.6 is 0 Å². The summed E-state index contributed by atoms with van der Waals surface area (Å²) in [7, 11) is -0.00748. The lowest BCUT2D eigenvalue weighted by Crippen LogP contribution is -2.41.